The Kier molecular flexibility index (Phi) is 4.67. The number of rotatable bonds is 2. The number of amides is 1. The molecule has 1 aliphatic heterocycles. The molecule has 18 heavy (non-hydrogen) atoms. The van der Waals surface area contributed by atoms with E-state index in [0.29, 0.717) is 25.9 Å². The quantitative estimate of drug-likeness (QED) is 0.566. The Morgan fingerprint density at radius 2 is 1.83 bits per heavy atom. The van der Waals surface area contributed by atoms with E-state index in [2.05, 4.69) is 0 Å². The highest BCUT2D eigenvalue weighted by atomic mass is 16.6. The van der Waals surface area contributed by atoms with Gasteiger partial charge in [-0.05, 0) is 46.0 Å². The van der Waals surface area contributed by atoms with E-state index in [1.54, 1.807) is 4.90 Å². The minimum atomic E-state index is -2.11. The van der Waals surface area contributed by atoms with Gasteiger partial charge in [0.2, 0.25) is 0 Å². The third-order valence-electron chi connectivity index (χ3n) is 2.86. The second-order valence-corrected chi connectivity index (χ2v) is 5.99. The second-order valence-electron chi connectivity index (χ2n) is 5.99. The molecule has 102 valence electrons. The molecule has 0 atom stereocenters. The number of hydrogen-bond donors (Lipinski definition) is 2. The lowest BCUT2D eigenvalue weighted by atomic mass is 9.81. The van der Waals surface area contributed by atoms with Crippen LogP contribution in [0.15, 0.2) is 0 Å². The van der Waals surface area contributed by atoms with Crippen LogP contribution < -0.4 is 0 Å². The molecule has 0 unspecified atom stereocenters. The van der Waals surface area contributed by atoms with Crippen molar-refractivity contribution in [3.05, 3.63) is 0 Å². The van der Waals surface area contributed by atoms with Crippen LogP contribution in [0.4, 0.5) is 4.79 Å². The highest BCUT2D eigenvalue weighted by Crippen LogP contribution is 2.25. The van der Waals surface area contributed by atoms with Crippen molar-refractivity contribution >= 4 is 13.9 Å². The lowest BCUT2D eigenvalue weighted by Gasteiger charge is -2.35. The molecule has 0 aromatic heterocycles. The summed E-state index contributed by atoms with van der Waals surface area (Å²) in [6, 6.07) is 0. The van der Waals surface area contributed by atoms with Crippen LogP contribution in [0, 0.1) is 5.92 Å². The van der Waals surface area contributed by atoms with Gasteiger partial charge >= 0.3 is 6.09 Å². The fourth-order valence-corrected chi connectivity index (χ4v) is 2.07. The van der Waals surface area contributed by atoms with Gasteiger partial charge in [0.1, 0.15) is 11.3 Å². The molecule has 0 spiro atoms. The molecule has 0 saturated carbocycles. The summed E-state index contributed by atoms with van der Waals surface area (Å²) in [7, 11) is 5.15. The maximum atomic E-state index is 11.8. The number of hydrogen-bond acceptors (Lipinski definition) is 4. The van der Waals surface area contributed by atoms with Gasteiger partial charge < -0.3 is 19.8 Å². The van der Waals surface area contributed by atoms with Gasteiger partial charge in [-0.2, -0.15) is 0 Å². The van der Waals surface area contributed by atoms with Gasteiger partial charge in [0, 0.05) is 13.1 Å². The normalized spacial score (nSPS) is 18.8. The maximum absolute atomic E-state index is 11.8. The predicted molar refractivity (Wildman–Crippen MR) is 68.1 cm³/mol. The summed E-state index contributed by atoms with van der Waals surface area (Å²) < 4.78 is 5.28. The van der Waals surface area contributed by atoms with Crippen molar-refractivity contribution in [1.82, 2.24) is 4.90 Å². The van der Waals surface area contributed by atoms with E-state index >= 15 is 0 Å². The van der Waals surface area contributed by atoms with Gasteiger partial charge in [0.15, 0.2) is 7.85 Å². The van der Waals surface area contributed by atoms with Gasteiger partial charge in [-0.15, -0.1) is 0 Å². The summed E-state index contributed by atoms with van der Waals surface area (Å²) in [5.74, 6) is 0.128. The molecule has 0 aromatic rings. The highest BCUT2D eigenvalue weighted by molar-refractivity contribution is 6.12. The Hall–Kier alpha value is -0.745. The molecule has 1 saturated heterocycles. The molecule has 1 aliphatic rings. The Morgan fingerprint density at radius 1 is 1.33 bits per heavy atom. The zero-order valence-corrected chi connectivity index (χ0v) is 11.3. The molecule has 5 nitrogen and oxygen atoms in total. The molecule has 6 heteroatoms. The molecule has 1 rings (SSSR count). The summed E-state index contributed by atoms with van der Waals surface area (Å²) in [5, 5.41) is 18.3. The van der Waals surface area contributed by atoms with Crippen molar-refractivity contribution in [2.75, 3.05) is 13.1 Å². The highest BCUT2D eigenvalue weighted by Gasteiger charge is 2.29. The molecular formula is C12H22BNO4. The Bertz CT molecular complexity index is 287. The van der Waals surface area contributed by atoms with Crippen molar-refractivity contribution in [2.45, 2.75) is 51.3 Å². The van der Waals surface area contributed by atoms with Crippen LogP contribution >= 0.6 is 0 Å². The lowest BCUT2D eigenvalue weighted by molar-refractivity contribution is -0.104. The first kappa shape index (κ1) is 15.3. The standard InChI is InChI=1S/C12H22BNO4/c1-11(2,3)18-10(15)14-6-4-9(5-7-14)8-12(13,16)17/h9,16-17H,4-8H2,1-3H3. The number of likely N-dealkylation sites (tertiary alicyclic amines) is 1. The summed E-state index contributed by atoms with van der Waals surface area (Å²) in [6.45, 7) is 6.62. The van der Waals surface area contributed by atoms with Crippen molar-refractivity contribution in [3.63, 3.8) is 0 Å². The van der Waals surface area contributed by atoms with Gasteiger partial charge in [0.05, 0.1) is 0 Å². The molecule has 2 radical (unpaired) electrons. The minimum Gasteiger partial charge on any atom is -0.444 e. The number of piperidine rings is 1. The topological polar surface area (TPSA) is 70.0 Å². The van der Waals surface area contributed by atoms with E-state index in [1.807, 2.05) is 20.8 Å². The molecular weight excluding hydrogens is 233 g/mol. The smallest absolute Gasteiger partial charge is 0.410 e. The first-order valence-electron chi connectivity index (χ1n) is 6.28. The van der Waals surface area contributed by atoms with Gasteiger partial charge in [-0.25, -0.2) is 4.79 Å². The van der Waals surface area contributed by atoms with Gasteiger partial charge in [-0.1, -0.05) is 0 Å². The van der Waals surface area contributed by atoms with E-state index in [9.17, 15) is 4.79 Å². The van der Waals surface area contributed by atoms with Gasteiger partial charge in [0.25, 0.3) is 0 Å². The fourth-order valence-electron chi connectivity index (χ4n) is 2.07. The van der Waals surface area contributed by atoms with Crippen LogP contribution in [-0.2, 0) is 4.74 Å². The van der Waals surface area contributed by atoms with Gasteiger partial charge in [-0.3, -0.25) is 0 Å². The van der Waals surface area contributed by atoms with E-state index in [0.717, 1.165) is 0 Å². The number of ether oxygens (including phenoxy) is 1. The second kappa shape index (κ2) is 5.49. The Labute approximate surface area is 110 Å². The number of carbonyl (C=O) groups is 1. The first-order valence-corrected chi connectivity index (χ1v) is 6.28. The summed E-state index contributed by atoms with van der Waals surface area (Å²) >= 11 is 0. The molecule has 0 bridgehead atoms. The van der Waals surface area contributed by atoms with Crippen molar-refractivity contribution in [2.24, 2.45) is 5.92 Å². The van der Waals surface area contributed by atoms with E-state index in [1.165, 1.54) is 0 Å². The summed E-state index contributed by atoms with van der Waals surface area (Å²) in [5.41, 5.74) is -2.60. The van der Waals surface area contributed by atoms with Crippen molar-refractivity contribution < 1.29 is 19.7 Å². The number of carbonyl (C=O) groups excluding carboxylic acids is 1. The SMILES string of the molecule is [B]C(O)(O)CC1CCN(C(=O)OC(C)(C)C)CC1. The molecule has 1 amide bonds. The van der Waals surface area contributed by atoms with E-state index in [4.69, 9.17) is 22.8 Å². The molecule has 0 aliphatic carbocycles. The summed E-state index contributed by atoms with van der Waals surface area (Å²) in [6.07, 6.45) is 1.24. The van der Waals surface area contributed by atoms with Crippen LogP contribution in [0.1, 0.15) is 40.0 Å². The fraction of sp³-hybridized carbons (Fsp3) is 0.917. The van der Waals surface area contributed by atoms with Crippen molar-refractivity contribution in [3.8, 4) is 0 Å². The number of nitrogens with zero attached hydrogens (tertiary/aromatic N) is 1. The number of aliphatic hydroxyl groups is 2. The zero-order chi connectivity index (χ0) is 14.0. The minimum absolute atomic E-state index is 0.128. The molecule has 1 fully saturated rings. The largest absolute Gasteiger partial charge is 0.444 e. The van der Waals surface area contributed by atoms with Crippen LogP contribution in [-0.4, -0.2) is 53.4 Å². The predicted octanol–water partition coefficient (Wildman–Crippen LogP) is 0.830. The van der Waals surface area contributed by atoms with Crippen LogP contribution in [0.3, 0.4) is 0 Å². The molecule has 1 heterocycles. The monoisotopic (exact) mass is 255 g/mol. The summed E-state index contributed by atoms with van der Waals surface area (Å²) in [4.78, 5) is 13.4. The van der Waals surface area contributed by atoms with E-state index < -0.39 is 11.3 Å². The van der Waals surface area contributed by atoms with Crippen molar-refractivity contribution in [1.29, 1.82) is 0 Å². The van der Waals surface area contributed by atoms with E-state index in [-0.39, 0.29) is 18.4 Å². The average Bonchev–Trinajstić information content (AvgIpc) is 2.13. The lowest BCUT2D eigenvalue weighted by Crippen LogP contribution is -2.43. The van der Waals surface area contributed by atoms with Crippen LogP contribution in [0.2, 0.25) is 0 Å². The Morgan fingerprint density at radius 3 is 2.22 bits per heavy atom. The molecule has 2 N–H and O–H groups in total. The van der Waals surface area contributed by atoms with Crippen LogP contribution in [0.25, 0.3) is 0 Å². The first-order chi connectivity index (χ1) is 8.07. The Balaban J connectivity index is 2.37. The molecule has 0 aromatic carbocycles. The zero-order valence-electron chi connectivity index (χ0n) is 11.3. The third kappa shape index (κ3) is 5.73. The third-order valence-corrected chi connectivity index (χ3v) is 2.86. The maximum Gasteiger partial charge on any atom is 0.410 e. The van der Waals surface area contributed by atoms with Crippen LogP contribution in [0.5, 0.6) is 0 Å². The average molecular weight is 255 g/mol.